The molecule has 1 heterocycles. The second-order valence-electron chi connectivity index (χ2n) is 4.68. The number of carbonyl (C=O) groups is 1. The van der Waals surface area contributed by atoms with Gasteiger partial charge in [0.15, 0.2) is 0 Å². The fourth-order valence-corrected chi connectivity index (χ4v) is 3.49. The predicted octanol–water partition coefficient (Wildman–Crippen LogP) is 3.86. The number of amides is 1. The van der Waals surface area contributed by atoms with Gasteiger partial charge in [-0.1, -0.05) is 23.2 Å². The third-order valence-electron chi connectivity index (χ3n) is 3.14. The molecule has 1 N–H and O–H groups in total. The summed E-state index contributed by atoms with van der Waals surface area (Å²) in [6, 6.07) is 10.2. The number of sulfonamides is 1. The van der Waals surface area contributed by atoms with Gasteiger partial charge in [-0.05, 0) is 36.4 Å². The highest BCUT2D eigenvalue weighted by molar-refractivity contribution is 7.90. The minimum absolute atomic E-state index is 0.0127. The number of benzene rings is 2. The molecular formula is C15H9Cl2NO4S. The molecule has 8 heteroatoms. The quantitative estimate of drug-likeness (QED) is 0.760. The van der Waals surface area contributed by atoms with Crippen LogP contribution in [0.3, 0.4) is 0 Å². The van der Waals surface area contributed by atoms with Crippen LogP contribution in [-0.2, 0) is 10.0 Å². The fourth-order valence-electron chi connectivity index (χ4n) is 2.01. The van der Waals surface area contributed by atoms with Crippen molar-refractivity contribution < 1.29 is 17.6 Å². The highest BCUT2D eigenvalue weighted by Gasteiger charge is 2.21. The Labute approximate surface area is 141 Å². The zero-order chi connectivity index (χ0) is 16.6. The number of hydrogen-bond donors (Lipinski definition) is 1. The average molecular weight is 370 g/mol. The van der Waals surface area contributed by atoms with E-state index in [9.17, 15) is 13.2 Å². The number of rotatable bonds is 3. The lowest BCUT2D eigenvalue weighted by molar-refractivity contribution is 0.0981. The Morgan fingerprint density at radius 1 is 1.04 bits per heavy atom. The van der Waals surface area contributed by atoms with Crippen LogP contribution in [0.1, 0.15) is 10.4 Å². The molecule has 1 amide bonds. The van der Waals surface area contributed by atoms with E-state index in [1.165, 1.54) is 36.6 Å². The summed E-state index contributed by atoms with van der Waals surface area (Å²) in [5, 5.41) is 1.17. The van der Waals surface area contributed by atoms with Crippen LogP contribution >= 0.6 is 23.2 Å². The summed E-state index contributed by atoms with van der Waals surface area (Å²) in [6.45, 7) is 0. The Kier molecular flexibility index (Phi) is 4.06. The molecule has 0 aliphatic heterocycles. The molecule has 2 aromatic carbocycles. The smallest absolute Gasteiger partial charge is 0.266 e. The van der Waals surface area contributed by atoms with Crippen LogP contribution in [0, 0.1) is 0 Å². The fraction of sp³-hybridized carbons (Fsp3) is 0. The first-order chi connectivity index (χ1) is 10.9. The maximum Gasteiger partial charge on any atom is 0.266 e. The van der Waals surface area contributed by atoms with E-state index in [-0.39, 0.29) is 15.5 Å². The zero-order valence-corrected chi connectivity index (χ0v) is 13.7. The largest absolute Gasteiger partial charge is 0.464 e. The van der Waals surface area contributed by atoms with Gasteiger partial charge in [-0.15, -0.1) is 0 Å². The number of fused-ring (bicyclic) bond motifs is 1. The molecule has 3 aromatic rings. The van der Waals surface area contributed by atoms with E-state index < -0.39 is 15.9 Å². The number of halogens is 2. The van der Waals surface area contributed by atoms with Crippen LogP contribution in [0.15, 0.2) is 58.0 Å². The molecular weight excluding hydrogens is 361 g/mol. The molecule has 0 atom stereocenters. The number of nitrogens with one attached hydrogen (secondary N) is 1. The number of hydrogen-bond acceptors (Lipinski definition) is 4. The highest BCUT2D eigenvalue weighted by atomic mass is 35.5. The predicted molar refractivity (Wildman–Crippen MR) is 87.3 cm³/mol. The van der Waals surface area contributed by atoms with Gasteiger partial charge in [0.25, 0.3) is 15.9 Å². The normalized spacial score (nSPS) is 11.6. The Morgan fingerprint density at radius 3 is 2.57 bits per heavy atom. The maximum atomic E-state index is 12.3. The van der Waals surface area contributed by atoms with Gasteiger partial charge in [0.1, 0.15) is 5.58 Å². The SMILES string of the molecule is O=C(NS(=O)(=O)c1ccc2ccoc2c1)c1ccc(Cl)cc1Cl. The summed E-state index contributed by atoms with van der Waals surface area (Å²) in [7, 11) is -4.06. The van der Waals surface area contributed by atoms with Crippen molar-refractivity contribution in [2.24, 2.45) is 0 Å². The van der Waals surface area contributed by atoms with Crippen molar-refractivity contribution in [2.75, 3.05) is 0 Å². The van der Waals surface area contributed by atoms with E-state index in [4.69, 9.17) is 27.6 Å². The second kappa shape index (κ2) is 5.88. The molecule has 1 aromatic heterocycles. The topological polar surface area (TPSA) is 76.4 Å². The van der Waals surface area contributed by atoms with Crippen molar-refractivity contribution in [2.45, 2.75) is 4.90 Å². The first-order valence-corrected chi connectivity index (χ1v) is 8.60. The molecule has 5 nitrogen and oxygen atoms in total. The van der Waals surface area contributed by atoms with E-state index in [0.717, 1.165) is 5.39 Å². The summed E-state index contributed by atoms with van der Waals surface area (Å²) >= 11 is 11.7. The molecule has 0 spiro atoms. The van der Waals surface area contributed by atoms with Gasteiger partial charge in [-0.3, -0.25) is 4.79 Å². The lowest BCUT2D eigenvalue weighted by Crippen LogP contribution is -2.30. The molecule has 0 bridgehead atoms. The van der Waals surface area contributed by atoms with Gasteiger partial charge in [0, 0.05) is 16.5 Å². The zero-order valence-electron chi connectivity index (χ0n) is 11.4. The standard InChI is InChI=1S/C15H9Cl2NO4S/c16-10-2-4-12(13(17)7-10)15(19)18-23(20,21)11-3-1-9-5-6-22-14(9)8-11/h1-8H,(H,18,19). The average Bonchev–Trinajstić information content (AvgIpc) is 2.93. The molecule has 0 unspecified atom stereocenters. The third-order valence-corrected chi connectivity index (χ3v) is 5.02. The lowest BCUT2D eigenvalue weighted by Gasteiger charge is -2.08. The summed E-state index contributed by atoms with van der Waals surface area (Å²) in [5.74, 6) is -0.841. The Hall–Kier alpha value is -2.02. The van der Waals surface area contributed by atoms with Crippen LogP contribution in [0.2, 0.25) is 10.0 Å². The molecule has 0 aliphatic rings. The second-order valence-corrected chi connectivity index (χ2v) is 7.21. The summed E-state index contributed by atoms with van der Waals surface area (Å²) in [6.07, 6.45) is 1.45. The van der Waals surface area contributed by atoms with Crippen LogP contribution in [-0.4, -0.2) is 14.3 Å². The van der Waals surface area contributed by atoms with Gasteiger partial charge in [0.2, 0.25) is 0 Å². The first-order valence-electron chi connectivity index (χ1n) is 6.36. The molecule has 0 saturated carbocycles. The van der Waals surface area contributed by atoms with Gasteiger partial charge >= 0.3 is 0 Å². The van der Waals surface area contributed by atoms with Crippen LogP contribution in [0.4, 0.5) is 0 Å². The molecule has 0 radical (unpaired) electrons. The maximum absolute atomic E-state index is 12.3. The molecule has 0 fully saturated rings. The molecule has 0 aliphatic carbocycles. The van der Waals surface area contributed by atoms with Gasteiger partial charge in [0.05, 0.1) is 21.7 Å². The monoisotopic (exact) mass is 369 g/mol. The van der Waals surface area contributed by atoms with Crippen molar-refractivity contribution in [1.29, 1.82) is 0 Å². The van der Waals surface area contributed by atoms with Crippen molar-refractivity contribution in [3.63, 3.8) is 0 Å². The minimum Gasteiger partial charge on any atom is -0.464 e. The van der Waals surface area contributed by atoms with E-state index >= 15 is 0 Å². The third kappa shape index (κ3) is 3.19. The van der Waals surface area contributed by atoms with Gasteiger partial charge in [-0.2, -0.15) is 0 Å². The Bertz CT molecular complexity index is 1010. The highest BCUT2D eigenvalue weighted by Crippen LogP contribution is 2.23. The molecule has 3 rings (SSSR count). The molecule has 0 saturated heterocycles. The van der Waals surface area contributed by atoms with Gasteiger partial charge in [-0.25, -0.2) is 13.1 Å². The lowest BCUT2D eigenvalue weighted by atomic mass is 10.2. The van der Waals surface area contributed by atoms with E-state index in [0.29, 0.717) is 10.6 Å². The summed E-state index contributed by atoms with van der Waals surface area (Å²) in [4.78, 5) is 12.1. The van der Waals surface area contributed by atoms with Crippen LogP contribution in [0.25, 0.3) is 11.0 Å². The Morgan fingerprint density at radius 2 is 1.83 bits per heavy atom. The van der Waals surface area contributed by atoms with Gasteiger partial charge < -0.3 is 4.42 Å². The van der Waals surface area contributed by atoms with Crippen molar-refractivity contribution in [1.82, 2.24) is 4.72 Å². The van der Waals surface area contributed by atoms with Crippen molar-refractivity contribution in [3.8, 4) is 0 Å². The Balaban J connectivity index is 1.92. The van der Waals surface area contributed by atoms with E-state index in [1.807, 2.05) is 4.72 Å². The van der Waals surface area contributed by atoms with E-state index in [2.05, 4.69) is 0 Å². The number of furan rings is 1. The first kappa shape index (κ1) is 15.9. The number of carbonyl (C=O) groups excluding carboxylic acids is 1. The summed E-state index contributed by atoms with van der Waals surface area (Å²) in [5.41, 5.74) is 0.420. The molecule has 23 heavy (non-hydrogen) atoms. The van der Waals surface area contributed by atoms with Crippen LogP contribution in [0.5, 0.6) is 0 Å². The van der Waals surface area contributed by atoms with Crippen molar-refractivity contribution in [3.05, 3.63) is 64.3 Å². The van der Waals surface area contributed by atoms with E-state index in [1.54, 1.807) is 12.1 Å². The van der Waals surface area contributed by atoms with Crippen LogP contribution < -0.4 is 4.72 Å². The minimum atomic E-state index is -4.06. The van der Waals surface area contributed by atoms with Crippen molar-refractivity contribution >= 4 is 50.1 Å². The summed E-state index contributed by atoms with van der Waals surface area (Å²) < 4.78 is 31.8. The molecule has 118 valence electrons.